The lowest BCUT2D eigenvalue weighted by Gasteiger charge is -2.43. The van der Waals surface area contributed by atoms with Crippen molar-refractivity contribution < 1.29 is 9.22 Å². The highest BCUT2D eigenvalue weighted by Gasteiger charge is 2.47. The SMILES string of the molecule is Cc1cccc(C(=O)CBr)c1O[Si](C(C)C)(C(C)C)C(C)C. The summed E-state index contributed by atoms with van der Waals surface area (Å²) in [4.78, 5) is 12.3. The number of carbonyl (C=O) groups excluding carboxylic acids is 1. The van der Waals surface area contributed by atoms with Crippen LogP contribution in [0, 0.1) is 6.92 Å². The van der Waals surface area contributed by atoms with Crippen molar-refractivity contribution in [2.75, 3.05) is 5.33 Å². The van der Waals surface area contributed by atoms with Crippen LogP contribution in [0.25, 0.3) is 0 Å². The fraction of sp³-hybridized carbons (Fsp3) is 0.611. The van der Waals surface area contributed by atoms with Gasteiger partial charge in [0, 0.05) is 0 Å². The van der Waals surface area contributed by atoms with Gasteiger partial charge in [-0.1, -0.05) is 69.6 Å². The highest BCUT2D eigenvalue weighted by molar-refractivity contribution is 9.09. The summed E-state index contributed by atoms with van der Waals surface area (Å²) in [5, 5.41) is 0.326. The van der Waals surface area contributed by atoms with E-state index in [4.69, 9.17) is 4.43 Å². The van der Waals surface area contributed by atoms with E-state index in [1.54, 1.807) is 0 Å². The van der Waals surface area contributed by atoms with Gasteiger partial charge in [0.05, 0.1) is 10.9 Å². The number of hydrogen-bond acceptors (Lipinski definition) is 2. The van der Waals surface area contributed by atoms with Crippen LogP contribution in [0.2, 0.25) is 16.6 Å². The zero-order valence-electron chi connectivity index (χ0n) is 14.9. The zero-order valence-corrected chi connectivity index (χ0v) is 17.5. The van der Waals surface area contributed by atoms with E-state index in [0.29, 0.717) is 27.5 Å². The fourth-order valence-electron chi connectivity index (χ4n) is 3.61. The molecule has 0 aromatic heterocycles. The topological polar surface area (TPSA) is 26.3 Å². The van der Waals surface area contributed by atoms with E-state index in [1.165, 1.54) is 0 Å². The number of rotatable bonds is 7. The molecule has 1 aromatic carbocycles. The first kappa shape index (κ1) is 19.4. The summed E-state index contributed by atoms with van der Waals surface area (Å²) < 4.78 is 6.77. The maximum absolute atomic E-state index is 12.3. The second-order valence-corrected chi connectivity index (χ2v) is 12.9. The Labute approximate surface area is 144 Å². The Morgan fingerprint density at radius 3 is 2.00 bits per heavy atom. The monoisotopic (exact) mass is 384 g/mol. The summed E-state index contributed by atoms with van der Waals surface area (Å²) in [6.45, 7) is 15.6. The van der Waals surface area contributed by atoms with Gasteiger partial charge in [0.25, 0.3) is 8.32 Å². The number of carbonyl (C=O) groups is 1. The van der Waals surface area contributed by atoms with E-state index in [1.807, 2.05) is 25.1 Å². The first-order valence-corrected chi connectivity index (χ1v) is 11.3. The van der Waals surface area contributed by atoms with Crippen LogP contribution in [0.5, 0.6) is 5.75 Å². The number of halogens is 1. The molecule has 0 N–H and O–H groups in total. The van der Waals surface area contributed by atoms with Gasteiger partial charge in [0.15, 0.2) is 5.78 Å². The molecule has 0 bridgehead atoms. The minimum absolute atomic E-state index is 0.0814. The predicted octanol–water partition coefficient (Wildman–Crippen LogP) is 6.13. The summed E-state index contributed by atoms with van der Waals surface area (Å²) in [5.41, 5.74) is 3.21. The van der Waals surface area contributed by atoms with Crippen LogP contribution in [0.3, 0.4) is 0 Å². The Hall–Kier alpha value is -0.613. The van der Waals surface area contributed by atoms with E-state index >= 15 is 0 Å². The Kier molecular flexibility index (Phi) is 6.87. The minimum atomic E-state index is -2.06. The second kappa shape index (κ2) is 7.78. The van der Waals surface area contributed by atoms with E-state index in [-0.39, 0.29) is 5.78 Å². The van der Waals surface area contributed by atoms with Crippen molar-refractivity contribution in [2.24, 2.45) is 0 Å². The van der Waals surface area contributed by atoms with Crippen molar-refractivity contribution >= 4 is 30.0 Å². The first-order chi connectivity index (χ1) is 10.2. The molecule has 0 heterocycles. The average Bonchev–Trinajstić information content (AvgIpc) is 2.43. The van der Waals surface area contributed by atoms with E-state index in [2.05, 4.69) is 57.5 Å². The fourth-order valence-corrected chi connectivity index (χ4v) is 9.24. The van der Waals surface area contributed by atoms with E-state index in [0.717, 1.165) is 11.3 Å². The van der Waals surface area contributed by atoms with Crippen LogP contribution in [-0.2, 0) is 0 Å². The van der Waals surface area contributed by atoms with Crippen molar-refractivity contribution in [3.05, 3.63) is 29.3 Å². The van der Waals surface area contributed by atoms with Gasteiger partial charge in [-0.15, -0.1) is 0 Å². The molecule has 0 saturated heterocycles. The first-order valence-electron chi connectivity index (χ1n) is 8.06. The summed E-state index contributed by atoms with van der Waals surface area (Å²) >= 11 is 3.28. The molecule has 0 aliphatic heterocycles. The van der Waals surface area contributed by atoms with Crippen LogP contribution in [0.1, 0.15) is 57.5 Å². The number of Topliss-reactive ketones (excluding diaryl/α,β-unsaturated/α-hetero) is 1. The number of hydrogen-bond donors (Lipinski definition) is 0. The van der Waals surface area contributed by atoms with Crippen molar-refractivity contribution in [1.29, 1.82) is 0 Å². The van der Waals surface area contributed by atoms with Crippen LogP contribution < -0.4 is 4.43 Å². The number of aryl methyl sites for hydroxylation is 1. The van der Waals surface area contributed by atoms with Crippen molar-refractivity contribution in [2.45, 2.75) is 65.1 Å². The molecule has 0 aliphatic carbocycles. The molecule has 1 rings (SSSR count). The summed E-state index contributed by atoms with van der Waals surface area (Å²) in [7, 11) is -2.06. The highest BCUT2D eigenvalue weighted by atomic mass is 79.9. The lowest BCUT2D eigenvalue weighted by molar-refractivity contribution is 0.102. The van der Waals surface area contributed by atoms with E-state index in [9.17, 15) is 4.79 Å². The summed E-state index contributed by atoms with van der Waals surface area (Å²) in [5.74, 6) is 0.882. The van der Waals surface area contributed by atoms with Gasteiger partial charge >= 0.3 is 0 Å². The molecule has 1 aromatic rings. The van der Waals surface area contributed by atoms with Crippen LogP contribution in [-0.4, -0.2) is 19.4 Å². The Balaban J connectivity index is 3.45. The Morgan fingerprint density at radius 1 is 1.09 bits per heavy atom. The third kappa shape index (κ3) is 3.65. The Morgan fingerprint density at radius 2 is 1.59 bits per heavy atom. The summed E-state index contributed by atoms with van der Waals surface area (Å²) in [6, 6.07) is 5.84. The third-order valence-electron chi connectivity index (χ3n) is 4.62. The van der Waals surface area contributed by atoms with Gasteiger partial charge in [0.1, 0.15) is 5.75 Å². The van der Waals surface area contributed by atoms with Crippen molar-refractivity contribution in [1.82, 2.24) is 0 Å². The molecule has 124 valence electrons. The lowest BCUT2D eigenvalue weighted by atomic mass is 10.1. The largest absolute Gasteiger partial charge is 0.542 e. The molecule has 0 atom stereocenters. The van der Waals surface area contributed by atoms with Crippen LogP contribution in [0.15, 0.2) is 18.2 Å². The maximum atomic E-state index is 12.3. The minimum Gasteiger partial charge on any atom is -0.542 e. The average molecular weight is 385 g/mol. The van der Waals surface area contributed by atoms with Crippen molar-refractivity contribution in [3.8, 4) is 5.75 Å². The zero-order chi connectivity index (χ0) is 17.1. The van der Waals surface area contributed by atoms with Gasteiger partial charge in [0.2, 0.25) is 0 Å². The number of benzene rings is 1. The molecular formula is C18H29BrO2Si. The van der Waals surface area contributed by atoms with Gasteiger partial charge in [-0.25, -0.2) is 0 Å². The predicted molar refractivity (Wildman–Crippen MR) is 101 cm³/mol. The van der Waals surface area contributed by atoms with Gasteiger partial charge in [-0.2, -0.15) is 0 Å². The molecule has 4 heteroatoms. The molecule has 22 heavy (non-hydrogen) atoms. The highest BCUT2D eigenvalue weighted by Crippen LogP contribution is 2.44. The number of alkyl halides is 1. The summed E-state index contributed by atoms with van der Waals surface area (Å²) in [6.07, 6.45) is 0. The standard InChI is InChI=1S/C18H29BrO2Si/c1-12(2)22(13(3)4,14(5)6)21-18-15(7)9-8-10-16(18)17(20)11-19/h8-10,12-14H,11H2,1-7H3. The normalized spacial score (nSPS) is 12.3. The Bertz CT molecular complexity index is 502. The van der Waals surface area contributed by atoms with Crippen molar-refractivity contribution in [3.63, 3.8) is 0 Å². The molecular weight excluding hydrogens is 356 g/mol. The van der Waals surface area contributed by atoms with Gasteiger partial charge in [-0.05, 0) is 35.2 Å². The number of ketones is 1. The van der Waals surface area contributed by atoms with Crippen LogP contribution in [0.4, 0.5) is 0 Å². The molecule has 0 amide bonds. The third-order valence-corrected chi connectivity index (χ3v) is 11.1. The lowest BCUT2D eigenvalue weighted by Crippen LogP contribution is -2.51. The molecule has 0 fully saturated rings. The molecule has 0 saturated carbocycles. The smallest absolute Gasteiger partial charge is 0.258 e. The molecule has 0 aliphatic rings. The quantitative estimate of drug-likeness (QED) is 0.321. The van der Waals surface area contributed by atoms with E-state index < -0.39 is 8.32 Å². The van der Waals surface area contributed by atoms with Gasteiger partial charge < -0.3 is 4.43 Å². The van der Waals surface area contributed by atoms with Crippen LogP contribution >= 0.6 is 15.9 Å². The molecule has 0 unspecified atom stereocenters. The van der Waals surface area contributed by atoms with Gasteiger partial charge in [-0.3, -0.25) is 4.79 Å². The molecule has 0 radical (unpaired) electrons. The maximum Gasteiger partial charge on any atom is 0.258 e. The molecule has 2 nitrogen and oxygen atoms in total. The number of para-hydroxylation sites is 1. The second-order valence-electron chi connectivity index (χ2n) is 6.93. The molecule has 0 spiro atoms.